The van der Waals surface area contributed by atoms with Crippen LogP contribution in [0.4, 0.5) is 11.6 Å². The summed E-state index contributed by atoms with van der Waals surface area (Å²) in [7, 11) is 4.06. The van der Waals surface area contributed by atoms with E-state index >= 15 is 0 Å². The van der Waals surface area contributed by atoms with Gasteiger partial charge in [0.15, 0.2) is 5.78 Å². The van der Waals surface area contributed by atoms with Gasteiger partial charge in [0.25, 0.3) is 0 Å². The fourth-order valence-corrected chi connectivity index (χ4v) is 6.31. The quantitative estimate of drug-likeness (QED) is 0.312. The van der Waals surface area contributed by atoms with Crippen molar-refractivity contribution in [1.82, 2.24) is 14.8 Å². The second-order valence-electron chi connectivity index (χ2n) is 10.9. The van der Waals surface area contributed by atoms with Crippen molar-refractivity contribution < 1.29 is 4.79 Å². The fourth-order valence-electron chi connectivity index (χ4n) is 5.47. The number of aromatic nitrogens is 3. The third-order valence-electron chi connectivity index (χ3n) is 7.27. The highest BCUT2D eigenvalue weighted by molar-refractivity contribution is 7.98. The molecule has 1 N–H and O–H groups in total. The van der Waals surface area contributed by atoms with Crippen LogP contribution in [0, 0.1) is 5.41 Å². The van der Waals surface area contributed by atoms with Crippen molar-refractivity contribution >= 4 is 40.0 Å². The summed E-state index contributed by atoms with van der Waals surface area (Å²) < 4.78 is 1.91. The Labute approximate surface area is 221 Å². The van der Waals surface area contributed by atoms with Crippen molar-refractivity contribution in [1.29, 1.82) is 0 Å². The van der Waals surface area contributed by atoms with Crippen LogP contribution in [0.1, 0.15) is 43.9 Å². The van der Waals surface area contributed by atoms with Gasteiger partial charge in [-0.05, 0) is 45.9 Å². The summed E-state index contributed by atoms with van der Waals surface area (Å²) in [5, 5.41) is 11.6. The molecule has 6 rings (SSSR count). The lowest BCUT2D eigenvalue weighted by Crippen LogP contribution is -2.36. The normalized spacial score (nSPS) is 18.4. The fraction of sp³-hybridized carbons (Fsp3) is 0.300. The Kier molecular flexibility index (Phi) is 5.83. The number of allylic oxidation sites excluding steroid dienone is 2. The van der Waals surface area contributed by atoms with Crippen molar-refractivity contribution in [2.75, 3.05) is 24.3 Å². The summed E-state index contributed by atoms with van der Waals surface area (Å²) in [6.45, 7) is 4.31. The summed E-state index contributed by atoms with van der Waals surface area (Å²) in [6, 6.07) is 23.0. The van der Waals surface area contributed by atoms with Gasteiger partial charge in [0, 0.05) is 43.2 Å². The second-order valence-corrected chi connectivity index (χ2v) is 11.9. The van der Waals surface area contributed by atoms with Crippen molar-refractivity contribution in [2.24, 2.45) is 5.41 Å². The molecular weight excluding hydrogens is 478 g/mol. The topological polar surface area (TPSA) is 63.1 Å². The highest BCUT2D eigenvalue weighted by Crippen LogP contribution is 2.46. The van der Waals surface area contributed by atoms with Gasteiger partial charge in [-0.3, -0.25) is 4.79 Å². The Balaban J connectivity index is 1.37. The molecule has 4 aromatic rings. The lowest BCUT2D eigenvalue weighted by Gasteiger charge is -2.38. The Morgan fingerprint density at radius 3 is 2.57 bits per heavy atom. The molecule has 3 aromatic carbocycles. The molecule has 1 aliphatic heterocycles. The van der Waals surface area contributed by atoms with E-state index in [2.05, 4.69) is 90.8 Å². The SMILES string of the molecule is CN(C)c1ccc(C2C3=C(CC(C)(C)CC3=O)Nc3nc(SCc4cccc5ccccc45)nn32)cc1. The number of hydrogen-bond acceptors (Lipinski definition) is 6. The molecule has 1 aromatic heterocycles. The van der Waals surface area contributed by atoms with Gasteiger partial charge in [0.05, 0.1) is 0 Å². The van der Waals surface area contributed by atoms with Crippen LogP contribution in [0.3, 0.4) is 0 Å². The molecule has 6 nitrogen and oxygen atoms in total. The highest BCUT2D eigenvalue weighted by atomic mass is 32.2. The van der Waals surface area contributed by atoms with Gasteiger partial charge in [-0.1, -0.05) is 80.2 Å². The van der Waals surface area contributed by atoms with Gasteiger partial charge >= 0.3 is 0 Å². The van der Waals surface area contributed by atoms with Gasteiger partial charge in [0.1, 0.15) is 6.04 Å². The van der Waals surface area contributed by atoms with Crippen molar-refractivity contribution in [3.63, 3.8) is 0 Å². The van der Waals surface area contributed by atoms with E-state index in [9.17, 15) is 4.79 Å². The number of carbonyl (C=O) groups is 1. The van der Waals surface area contributed by atoms with Crippen LogP contribution < -0.4 is 10.2 Å². The molecule has 0 bridgehead atoms. The summed E-state index contributed by atoms with van der Waals surface area (Å²) in [5.74, 6) is 1.66. The first-order valence-electron chi connectivity index (χ1n) is 12.7. The van der Waals surface area contributed by atoms with Gasteiger partial charge in [-0.2, -0.15) is 4.98 Å². The number of hydrogen-bond donors (Lipinski definition) is 1. The van der Waals surface area contributed by atoms with E-state index in [1.165, 1.54) is 16.3 Å². The minimum Gasteiger partial charge on any atom is -0.378 e. The number of Topliss-reactive ketones (excluding diaryl/α,β-unsaturated/α-hetero) is 1. The van der Waals surface area contributed by atoms with Crippen molar-refractivity contribution in [2.45, 2.75) is 43.6 Å². The van der Waals surface area contributed by atoms with Gasteiger partial charge in [-0.15, -0.1) is 5.10 Å². The second kappa shape index (κ2) is 9.06. The molecule has 7 heteroatoms. The van der Waals surface area contributed by atoms with Gasteiger partial charge in [-0.25, -0.2) is 4.68 Å². The van der Waals surface area contributed by atoms with E-state index in [-0.39, 0.29) is 17.2 Å². The molecule has 188 valence electrons. The smallest absolute Gasteiger partial charge is 0.227 e. The van der Waals surface area contributed by atoms with Gasteiger partial charge < -0.3 is 10.2 Å². The van der Waals surface area contributed by atoms with Crippen LogP contribution in [-0.2, 0) is 10.5 Å². The standard InChI is InChI=1S/C30H31N5OS/c1-30(2)16-24-26(25(36)17-30)27(20-12-14-22(15-13-20)34(3)4)35-28(31-24)32-29(33-35)37-18-21-10-7-9-19-8-5-6-11-23(19)21/h5-15,27H,16-18H2,1-4H3,(H,31,32,33). The number of fused-ring (bicyclic) bond motifs is 2. The third-order valence-corrected chi connectivity index (χ3v) is 8.16. The molecule has 0 saturated heterocycles. The highest BCUT2D eigenvalue weighted by Gasteiger charge is 2.41. The lowest BCUT2D eigenvalue weighted by molar-refractivity contribution is -0.118. The summed E-state index contributed by atoms with van der Waals surface area (Å²) in [4.78, 5) is 20.4. The van der Waals surface area contributed by atoms with E-state index in [1.807, 2.05) is 18.8 Å². The van der Waals surface area contributed by atoms with E-state index in [0.717, 1.165) is 34.7 Å². The number of carbonyl (C=O) groups excluding carboxylic acids is 1. The third kappa shape index (κ3) is 4.42. The first-order valence-corrected chi connectivity index (χ1v) is 13.6. The number of ketones is 1. The molecule has 2 heterocycles. The van der Waals surface area contributed by atoms with Crippen LogP contribution >= 0.6 is 11.8 Å². The molecular formula is C30H31N5OS. The molecule has 1 atom stereocenters. The summed E-state index contributed by atoms with van der Waals surface area (Å²) in [5.41, 5.74) is 5.14. The minimum absolute atomic E-state index is 0.0869. The predicted octanol–water partition coefficient (Wildman–Crippen LogP) is 6.45. The van der Waals surface area contributed by atoms with Crippen LogP contribution in [0.2, 0.25) is 0 Å². The predicted molar refractivity (Wildman–Crippen MR) is 151 cm³/mol. The van der Waals surface area contributed by atoms with Crippen molar-refractivity contribution in [3.05, 3.63) is 89.1 Å². The molecule has 2 aliphatic rings. The van der Waals surface area contributed by atoms with Crippen LogP contribution in [0.5, 0.6) is 0 Å². The minimum atomic E-state index is -0.287. The molecule has 0 amide bonds. The monoisotopic (exact) mass is 509 g/mol. The maximum Gasteiger partial charge on any atom is 0.227 e. The number of nitrogens with one attached hydrogen (secondary N) is 1. The van der Waals surface area contributed by atoms with Gasteiger partial charge in [0.2, 0.25) is 11.1 Å². The van der Waals surface area contributed by atoms with Crippen LogP contribution in [0.15, 0.2) is 83.2 Å². The first-order chi connectivity index (χ1) is 17.8. The molecule has 1 aliphatic carbocycles. The molecule has 0 spiro atoms. The first kappa shape index (κ1) is 23.8. The molecule has 1 unspecified atom stereocenters. The zero-order valence-corrected chi connectivity index (χ0v) is 22.5. The Hall–Kier alpha value is -3.58. The molecule has 0 fully saturated rings. The van der Waals surface area contributed by atoms with Crippen molar-refractivity contribution in [3.8, 4) is 0 Å². The maximum atomic E-state index is 13.5. The van der Waals surface area contributed by atoms with Crippen LogP contribution in [-0.4, -0.2) is 34.6 Å². The molecule has 0 saturated carbocycles. The Bertz CT molecular complexity index is 1530. The van der Waals surface area contributed by atoms with Crippen LogP contribution in [0.25, 0.3) is 10.8 Å². The number of nitrogens with zero attached hydrogens (tertiary/aromatic N) is 4. The zero-order chi connectivity index (χ0) is 25.7. The Morgan fingerprint density at radius 2 is 1.78 bits per heavy atom. The lowest BCUT2D eigenvalue weighted by atomic mass is 9.73. The van der Waals surface area contributed by atoms with E-state index in [4.69, 9.17) is 10.1 Å². The number of benzene rings is 3. The number of anilines is 2. The Morgan fingerprint density at radius 1 is 1.03 bits per heavy atom. The average molecular weight is 510 g/mol. The summed E-state index contributed by atoms with van der Waals surface area (Å²) >= 11 is 1.63. The van der Waals surface area contributed by atoms with E-state index in [0.29, 0.717) is 17.5 Å². The van der Waals surface area contributed by atoms with E-state index < -0.39 is 0 Å². The molecule has 0 radical (unpaired) electrons. The maximum absolute atomic E-state index is 13.5. The van der Waals surface area contributed by atoms with E-state index in [1.54, 1.807) is 11.8 Å². The average Bonchev–Trinajstić information content (AvgIpc) is 3.28. The summed E-state index contributed by atoms with van der Waals surface area (Å²) in [6.07, 6.45) is 1.35. The number of thioether (sulfide) groups is 1. The number of rotatable bonds is 5. The largest absolute Gasteiger partial charge is 0.378 e. The molecule has 37 heavy (non-hydrogen) atoms. The zero-order valence-electron chi connectivity index (χ0n) is 21.7.